The van der Waals surface area contributed by atoms with Crippen LogP contribution in [0.25, 0.3) is 44.1 Å². The number of anilines is 1. The van der Waals surface area contributed by atoms with E-state index < -0.39 is 5.82 Å². The molecule has 2 N–H and O–H groups in total. The van der Waals surface area contributed by atoms with Crippen molar-refractivity contribution >= 4 is 51.8 Å². The third-order valence-corrected chi connectivity index (χ3v) is 10.6. The number of thiophene rings is 2. The third-order valence-electron chi connectivity index (χ3n) is 7.95. The van der Waals surface area contributed by atoms with Gasteiger partial charge in [-0.25, -0.2) is 4.39 Å². The Bertz CT molecular complexity index is 2420. The fourth-order valence-corrected chi connectivity index (χ4v) is 7.47. The van der Waals surface area contributed by atoms with Gasteiger partial charge < -0.3 is 19.5 Å². The Balaban J connectivity index is 0.000000162. The Kier molecular flexibility index (Phi) is 10.2. The number of aryl methyl sites for hydroxylation is 2. The van der Waals surface area contributed by atoms with Gasteiger partial charge in [0.15, 0.2) is 11.5 Å². The first kappa shape index (κ1) is 34.7. The number of halogens is 2. The summed E-state index contributed by atoms with van der Waals surface area (Å²) < 4.78 is 28.0. The number of carbonyl (C=O) groups is 2. The average molecular weight is 753 g/mol. The van der Waals surface area contributed by atoms with Crippen LogP contribution in [0.1, 0.15) is 32.2 Å². The Hall–Kier alpha value is -5.76. The summed E-state index contributed by atoms with van der Waals surface area (Å²) in [4.78, 5) is 27.9. The van der Waals surface area contributed by atoms with E-state index in [1.807, 2.05) is 74.8 Å². The van der Waals surface area contributed by atoms with Crippen LogP contribution in [0, 0.1) is 5.82 Å². The number of nitrogens with zero attached hydrogens (tertiary/aromatic N) is 4. The van der Waals surface area contributed by atoms with Crippen molar-refractivity contribution in [3.05, 3.63) is 136 Å². The van der Waals surface area contributed by atoms with Crippen LogP contribution >= 0.6 is 34.3 Å². The molecule has 0 spiro atoms. The molecule has 1 aromatic carbocycles. The number of rotatable bonds is 8. The number of aromatic nitrogens is 4. The standard InChI is InChI=1S/C19H16ClN3O2S.C19H14FN3O2S/c2*1-23-15(11-14(22-23)16-7-4-10-25-16)17-8-9-18(26-17)19(24)21-13-6-3-2-5-12(13)20/h3-4,6-11H,2,5H2,1H3,(H,21,24);2-11H,1H3,(H,21,24). The van der Waals surface area contributed by atoms with Gasteiger partial charge >= 0.3 is 0 Å². The minimum Gasteiger partial charge on any atom is -0.463 e. The van der Waals surface area contributed by atoms with Gasteiger partial charge in [0, 0.05) is 19.1 Å². The topological polar surface area (TPSA) is 120 Å². The van der Waals surface area contributed by atoms with E-state index in [1.165, 1.54) is 34.8 Å². The van der Waals surface area contributed by atoms with Crippen molar-refractivity contribution in [3.63, 3.8) is 0 Å². The number of hydrogen-bond donors (Lipinski definition) is 2. The first-order valence-electron chi connectivity index (χ1n) is 16.0. The van der Waals surface area contributed by atoms with E-state index in [4.69, 9.17) is 20.4 Å². The molecule has 0 unspecified atom stereocenters. The summed E-state index contributed by atoms with van der Waals surface area (Å²) in [5.74, 6) is 0.425. The summed E-state index contributed by atoms with van der Waals surface area (Å²) in [6.07, 6.45) is 8.74. The first-order valence-corrected chi connectivity index (χ1v) is 18.0. The zero-order valence-corrected chi connectivity index (χ0v) is 30.2. The molecule has 7 aromatic rings. The molecule has 2 amide bonds. The SMILES string of the molecule is Cn1nc(-c2ccco2)cc1-c1ccc(C(=O)NC2=C(Cl)CCC=C2)s1.Cn1nc(-c2ccco2)cc1-c1ccc(C(=O)Nc2ccccc2F)s1. The predicted octanol–water partition coefficient (Wildman–Crippen LogP) is 9.74. The van der Waals surface area contributed by atoms with Gasteiger partial charge in [-0.2, -0.15) is 10.2 Å². The number of para-hydroxylation sites is 1. The lowest BCUT2D eigenvalue weighted by Gasteiger charge is -2.11. The molecule has 262 valence electrons. The Morgan fingerprint density at radius 3 is 1.85 bits per heavy atom. The van der Waals surface area contributed by atoms with Crippen molar-refractivity contribution in [2.45, 2.75) is 12.8 Å². The molecule has 6 aromatic heterocycles. The van der Waals surface area contributed by atoms with E-state index in [0.29, 0.717) is 32.0 Å². The Morgan fingerprint density at radius 1 is 0.769 bits per heavy atom. The molecule has 52 heavy (non-hydrogen) atoms. The van der Waals surface area contributed by atoms with Gasteiger partial charge in [0.05, 0.1) is 54.8 Å². The van der Waals surface area contributed by atoms with Gasteiger partial charge in [-0.15, -0.1) is 22.7 Å². The number of allylic oxidation sites excluding steroid dienone is 3. The highest BCUT2D eigenvalue weighted by atomic mass is 35.5. The van der Waals surface area contributed by atoms with Crippen LogP contribution in [0.5, 0.6) is 0 Å². The largest absolute Gasteiger partial charge is 0.463 e. The van der Waals surface area contributed by atoms with E-state index in [-0.39, 0.29) is 17.5 Å². The summed E-state index contributed by atoms with van der Waals surface area (Å²) in [5, 5.41) is 15.1. The highest BCUT2D eigenvalue weighted by Crippen LogP contribution is 2.33. The predicted molar refractivity (Wildman–Crippen MR) is 202 cm³/mol. The van der Waals surface area contributed by atoms with Gasteiger partial charge in [-0.05, 0) is 91.7 Å². The molecule has 1 aliphatic carbocycles. The zero-order valence-electron chi connectivity index (χ0n) is 27.8. The number of hydrogen-bond acceptors (Lipinski definition) is 8. The average Bonchev–Trinajstić information content (AvgIpc) is 3.98. The zero-order chi connectivity index (χ0) is 36.2. The molecule has 0 saturated heterocycles. The second kappa shape index (κ2) is 15.2. The lowest BCUT2D eigenvalue weighted by Crippen LogP contribution is -2.22. The second-order valence-electron chi connectivity index (χ2n) is 11.5. The van der Waals surface area contributed by atoms with Crippen LogP contribution in [-0.2, 0) is 14.1 Å². The van der Waals surface area contributed by atoms with Crippen molar-refractivity contribution in [1.29, 1.82) is 0 Å². The molecule has 0 atom stereocenters. The molecule has 0 fully saturated rings. The number of carbonyl (C=O) groups excluding carboxylic acids is 2. The van der Waals surface area contributed by atoms with E-state index >= 15 is 0 Å². The molecule has 14 heteroatoms. The molecule has 0 saturated carbocycles. The maximum absolute atomic E-state index is 13.7. The highest BCUT2D eigenvalue weighted by Gasteiger charge is 2.18. The minimum atomic E-state index is -0.465. The second-order valence-corrected chi connectivity index (χ2v) is 14.1. The van der Waals surface area contributed by atoms with Crippen molar-refractivity contribution in [2.24, 2.45) is 14.1 Å². The maximum atomic E-state index is 13.7. The Labute approximate surface area is 310 Å². The van der Waals surface area contributed by atoms with Crippen molar-refractivity contribution in [2.75, 3.05) is 5.32 Å². The van der Waals surface area contributed by atoms with Crippen molar-refractivity contribution in [3.8, 4) is 44.1 Å². The van der Waals surface area contributed by atoms with Crippen LogP contribution in [0.4, 0.5) is 10.1 Å². The van der Waals surface area contributed by atoms with Crippen LogP contribution < -0.4 is 10.6 Å². The lowest BCUT2D eigenvalue weighted by molar-refractivity contribution is 0.0969. The van der Waals surface area contributed by atoms with Crippen LogP contribution in [-0.4, -0.2) is 31.4 Å². The number of amides is 2. The van der Waals surface area contributed by atoms with E-state index in [1.54, 1.807) is 46.2 Å². The van der Waals surface area contributed by atoms with E-state index in [9.17, 15) is 14.0 Å². The summed E-state index contributed by atoms with van der Waals surface area (Å²) in [6.45, 7) is 0. The van der Waals surface area contributed by atoms with Crippen LogP contribution in [0.2, 0.25) is 0 Å². The van der Waals surface area contributed by atoms with E-state index in [2.05, 4.69) is 20.8 Å². The molecule has 1 aliphatic rings. The highest BCUT2D eigenvalue weighted by molar-refractivity contribution is 7.17. The third kappa shape index (κ3) is 7.61. The maximum Gasteiger partial charge on any atom is 0.265 e. The van der Waals surface area contributed by atoms with Gasteiger partial charge in [-0.1, -0.05) is 29.8 Å². The molecule has 0 radical (unpaired) electrons. The summed E-state index contributed by atoms with van der Waals surface area (Å²) in [5.41, 5.74) is 4.11. The quantitative estimate of drug-likeness (QED) is 0.160. The summed E-state index contributed by atoms with van der Waals surface area (Å²) in [7, 11) is 3.71. The van der Waals surface area contributed by atoms with Gasteiger partial charge in [0.1, 0.15) is 17.2 Å². The summed E-state index contributed by atoms with van der Waals surface area (Å²) >= 11 is 8.92. The molecule has 10 nitrogen and oxygen atoms in total. The smallest absolute Gasteiger partial charge is 0.265 e. The monoisotopic (exact) mass is 752 g/mol. The fourth-order valence-electron chi connectivity index (χ4n) is 5.36. The number of nitrogens with one attached hydrogen (secondary N) is 2. The molecule has 8 rings (SSSR count). The van der Waals surface area contributed by atoms with Crippen LogP contribution in [0.3, 0.4) is 0 Å². The fraction of sp³-hybridized carbons (Fsp3) is 0.105. The van der Waals surface area contributed by atoms with Gasteiger partial charge in [-0.3, -0.25) is 19.0 Å². The Morgan fingerprint density at radius 2 is 1.33 bits per heavy atom. The lowest BCUT2D eigenvalue weighted by atomic mass is 10.1. The molecular formula is C38H30ClFN6O4S2. The first-order chi connectivity index (χ1) is 25.2. The van der Waals surface area contributed by atoms with Crippen molar-refractivity contribution < 1.29 is 22.8 Å². The molecule has 6 heterocycles. The molecule has 0 bridgehead atoms. The van der Waals surface area contributed by atoms with Crippen molar-refractivity contribution in [1.82, 2.24) is 24.9 Å². The minimum absolute atomic E-state index is 0.158. The normalized spacial score (nSPS) is 12.5. The molecule has 0 aliphatic heterocycles. The molecular weight excluding hydrogens is 723 g/mol. The van der Waals surface area contributed by atoms with Gasteiger partial charge in [0.2, 0.25) is 0 Å². The van der Waals surface area contributed by atoms with Crippen LogP contribution in [0.15, 0.2) is 129 Å². The summed E-state index contributed by atoms with van der Waals surface area (Å²) in [6, 6.07) is 24.6. The number of furan rings is 2. The number of benzene rings is 1. The van der Waals surface area contributed by atoms with Gasteiger partial charge in [0.25, 0.3) is 11.8 Å². The van der Waals surface area contributed by atoms with E-state index in [0.717, 1.165) is 45.4 Å².